The molecule has 0 bridgehead atoms. The monoisotopic (exact) mass is 186 g/mol. The Hall–Kier alpha value is -1.20. The maximum absolute atomic E-state index is 10.5. The minimum absolute atomic E-state index is 0.0143. The van der Waals surface area contributed by atoms with Crippen LogP contribution >= 0.6 is 11.3 Å². The maximum atomic E-state index is 10.5. The predicted octanol–water partition coefficient (Wildman–Crippen LogP) is 0.679. The van der Waals surface area contributed by atoms with Crippen molar-refractivity contribution in [3.63, 3.8) is 0 Å². The lowest BCUT2D eigenvalue weighted by Gasteiger charge is -1.99. The summed E-state index contributed by atoms with van der Waals surface area (Å²) in [5, 5.41) is 19.1. The number of aliphatic hydroxyl groups is 1. The van der Waals surface area contributed by atoms with E-state index in [1.807, 2.05) is 0 Å². The largest absolute Gasteiger partial charge is 0.478 e. The minimum atomic E-state index is -1.32. The van der Waals surface area contributed by atoms with Gasteiger partial charge in [-0.1, -0.05) is 0 Å². The van der Waals surface area contributed by atoms with Gasteiger partial charge in [0.15, 0.2) is 6.29 Å². The summed E-state index contributed by atoms with van der Waals surface area (Å²) in [5.41, 5.74) is -0.0143. The third-order valence-corrected chi connectivity index (χ3v) is 2.31. The van der Waals surface area contributed by atoms with Crippen molar-refractivity contribution in [2.24, 2.45) is 0 Å². The quantitative estimate of drug-likeness (QED) is 0.680. The van der Waals surface area contributed by atoms with Gasteiger partial charge in [-0.05, 0) is 11.4 Å². The number of hydrogen-bond donors (Lipinski definition) is 2. The topological polar surface area (TPSA) is 74.6 Å². The van der Waals surface area contributed by atoms with Crippen molar-refractivity contribution in [1.29, 1.82) is 0 Å². The number of carbonyl (C=O) groups is 2. The molecule has 0 spiro atoms. The lowest BCUT2D eigenvalue weighted by molar-refractivity contribution is -0.114. The van der Waals surface area contributed by atoms with E-state index in [0.717, 1.165) is 11.3 Å². The average molecular weight is 186 g/mol. The van der Waals surface area contributed by atoms with Crippen LogP contribution in [-0.2, 0) is 4.79 Å². The maximum Gasteiger partial charge on any atom is 0.336 e. The van der Waals surface area contributed by atoms with Gasteiger partial charge in [0.25, 0.3) is 0 Å². The van der Waals surface area contributed by atoms with E-state index in [0.29, 0.717) is 6.29 Å². The van der Waals surface area contributed by atoms with Crippen LogP contribution in [0, 0.1) is 0 Å². The van der Waals surface area contributed by atoms with E-state index in [1.165, 1.54) is 11.4 Å². The summed E-state index contributed by atoms with van der Waals surface area (Å²) >= 11 is 1.05. The first-order valence-corrected chi connectivity index (χ1v) is 3.99. The van der Waals surface area contributed by atoms with Crippen LogP contribution in [0.4, 0.5) is 0 Å². The van der Waals surface area contributed by atoms with Crippen molar-refractivity contribution >= 4 is 23.6 Å². The van der Waals surface area contributed by atoms with Crippen LogP contribution in [0.5, 0.6) is 0 Å². The lowest BCUT2D eigenvalue weighted by atomic mass is 10.2. The Kier molecular flexibility index (Phi) is 2.57. The minimum Gasteiger partial charge on any atom is -0.478 e. The molecule has 1 unspecified atom stereocenters. The van der Waals surface area contributed by atoms with Crippen molar-refractivity contribution in [2.45, 2.75) is 6.10 Å². The number of carboxylic acid groups (broad SMARTS) is 1. The first-order valence-electron chi connectivity index (χ1n) is 3.11. The molecule has 0 aliphatic heterocycles. The zero-order chi connectivity index (χ0) is 9.14. The highest BCUT2D eigenvalue weighted by Gasteiger charge is 2.17. The highest BCUT2D eigenvalue weighted by atomic mass is 32.1. The summed E-state index contributed by atoms with van der Waals surface area (Å²) in [4.78, 5) is 20.8. The zero-order valence-electron chi connectivity index (χ0n) is 5.93. The van der Waals surface area contributed by atoms with Crippen LogP contribution < -0.4 is 0 Å². The normalized spacial score (nSPS) is 12.4. The summed E-state index contributed by atoms with van der Waals surface area (Å²) < 4.78 is 0. The Labute approximate surface area is 72.1 Å². The van der Waals surface area contributed by atoms with Gasteiger partial charge < -0.3 is 15.0 Å². The number of aromatic carboxylic acids is 1. The summed E-state index contributed by atoms with van der Waals surface area (Å²) in [6.07, 6.45) is -1.02. The fourth-order valence-electron chi connectivity index (χ4n) is 0.788. The molecule has 0 saturated carbocycles. The molecule has 0 aromatic carbocycles. The number of thiophene rings is 1. The van der Waals surface area contributed by atoms with Gasteiger partial charge in [-0.2, -0.15) is 0 Å². The SMILES string of the molecule is O=CC(O)c1sccc1C(=O)O. The molecular weight excluding hydrogens is 180 g/mol. The third kappa shape index (κ3) is 1.51. The highest BCUT2D eigenvalue weighted by Crippen LogP contribution is 2.22. The van der Waals surface area contributed by atoms with E-state index in [1.54, 1.807) is 0 Å². The van der Waals surface area contributed by atoms with Crippen LogP contribution in [-0.4, -0.2) is 22.5 Å². The van der Waals surface area contributed by atoms with Crippen molar-refractivity contribution in [1.82, 2.24) is 0 Å². The van der Waals surface area contributed by atoms with E-state index >= 15 is 0 Å². The molecule has 12 heavy (non-hydrogen) atoms. The number of aliphatic hydroxyl groups excluding tert-OH is 1. The molecule has 0 aliphatic carbocycles. The van der Waals surface area contributed by atoms with Crippen LogP contribution in [0.25, 0.3) is 0 Å². The number of hydrogen-bond acceptors (Lipinski definition) is 4. The predicted molar refractivity (Wildman–Crippen MR) is 42.3 cm³/mol. The second-order valence-corrected chi connectivity index (χ2v) is 3.03. The molecule has 5 heteroatoms. The van der Waals surface area contributed by atoms with Crippen LogP contribution in [0.3, 0.4) is 0 Å². The third-order valence-electron chi connectivity index (χ3n) is 1.32. The molecule has 2 N–H and O–H groups in total. The standard InChI is InChI=1S/C7H6O4S/c8-3-5(9)6-4(7(10)11)1-2-12-6/h1-3,5,9H,(H,10,11). The van der Waals surface area contributed by atoms with E-state index in [-0.39, 0.29) is 10.4 Å². The lowest BCUT2D eigenvalue weighted by Crippen LogP contribution is -2.03. The molecule has 1 aromatic rings. The van der Waals surface area contributed by atoms with Gasteiger partial charge >= 0.3 is 5.97 Å². The Bertz CT molecular complexity index is 304. The highest BCUT2D eigenvalue weighted by molar-refractivity contribution is 7.10. The molecule has 1 atom stereocenters. The molecule has 64 valence electrons. The Morgan fingerprint density at radius 1 is 1.67 bits per heavy atom. The number of carbonyl (C=O) groups excluding carboxylic acids is 1. The second kappa shape index (κ2) is 3.46. The van der Waals surface area contributed by atoms with E-state index in [2.05, 4.69) is 0 Å². The number of rotatable bonds is 3. The van der Waals surface area contributed by atoms with E-state index < -0.39 is 12.1 Å². The first kappa shape index (κ1) is 8.89. The van der Waals surface area contributed by atoms with Crippen molar-refractivity contribution in [3.05, 3.63) is 21.9 Å². The van der Waals surface area contributed by atoms with Crippen molar-refractivity contribution in [2.75, 3.05) is 0 Å². The van der Waals surface area contributed by atoms with Gasteiger partial charge in [0, 0.05) is 0 Å². The molecule has 0 amide bonds. The fraction of sp³-hybridized carbons (Fsp3) is 0.143. The van der Waals surface area contributed by atoms with E-state index in [9.17, 15) is 9.59 Å². The Balaban J connectivity index is 3.06. The molecule has 0 radical (unpaired) electrons. The van der Waals surface area contributed by atoms with Crippen LogP contribution in [0.2, 0.25) is 0 Å². The van der Waals surface area contributed by atoms with Gasteiger partial charge in [-0.15, -0.1) is 11.3 Å². The molecule has 1 aromatic heterocycles. The summed E-state index contributed by atoms with van der Waals surface area (Å²) in [6.45, 7) is 0. The smallest absolute Gasteiger partial charge is 0.336 e. The molecule has 0 fully saturated rings. The molecule has 0 aliphatic rings. The van der Waals surface area contributed by atoms with E-state index in [4.69, 9.17) is 10.2 Å². The Morgan fingerprint density at radius 3 is 2.83 bits per heavy atom. The van der Waals surface area contributed by atoms with Gasteiger partial charge in [0.2, 0.25) is 0 Å². The second-order valence-electron chi connectivity index (χ2n) is 2.08. The summed E-state index contributed by atoms with van der Waals surface area (Å²) in [6, 6.07) is 1.36. The molecule has 1 rings (SSSR count). The van der Waals surface area contributed by atoms with Crippen molar-refractivity contribution < 1.29 is 19.8 Å². The molecule has 0 saturated heterocycles. The zero-order valence-corrected chi connectivity index (χ0v) is 6.75. The Morgan fingerprint density at radius 2 is 2.33 bits per heavy atom. The summed E-state index contributed by atoms with van der Waals surface area (Å²) in [7, 11) is 0. The fourth-order valence-corrected chi connectivity index (χ4v) is 1.62. The molecule has 1 heterocycles. The number of aldehydes is 1. The van der Waals surface area contributed by atoms with Gasteiger partial charge in [-0.3, -0.25) is 0 Å². The van der Waals surface area contributed by atoms with Gasteiger partial charge in [-0.25, -0.2) is 4.79 Å². The van der Waals surface area contributed by atoms with Crippen molar-refractivity contribution in [3.8, 4) is 0 Å². The average Bonchev–Trinajstić information content (AvgIpc) is 2.50. The van der Waals surface area contributed by atoms with Crippen LogP contribution in [0.1, 0.15) is 21.3 Å². The van der Waals surface area contributed by atoms with Gasteiger partial charge in [0.1, 0.15) is 6.10 Å². The molecule has 4 nitrogen and oxygen atoms in total. The van der Waals surface area contributed by atoms with Gasteiger partial charge in [0.05, 0.1) is 10.4 Å². The number of carboxylic acids is 1. The summed E-state index contributed by atoms with van der Waals surface area (Å²) in [5.74, 6) is -1.13. The van der Waals surface area contributed by atoms with Crippen LogP contribution in [0.15, 0.2) is 11.4 Å². The first-order chi connectivity index (χ1) is 5.66. The molecular formula is C7H6O4S.